The summed E-state index contributed by atoms with van der Waals surface area (Å²) in [6.45, 7) is 0.251. The van der Waals surface area contributed by atoms with Crippen LogP contribution >= 0.6 is 0 Å². The van der Waals surface area contributed by atoms with Gasteiger partial charge in [-0.05, 0) is 11.6 Å². The molecule has 0 fully saturated rings. The molecule has 1 aromatic heterocycles. The number of hydrogen-bond donors (Lipinski definition) is 2. The maximum Gasteiger partial charge on any atom is 0.433 e. The largest absolute Gasteiger partial charge is 0.433 e. The zero-order valence-electron chi connectivity index (χ0n) is 10.2. The van der Waals surface area contributed by atoms with Crippen molar-refractivity contribution in [2.45, 2.75) is 12.6 Å². The summed E-state index contributed by atoms with van der Waals surface area (Å²) < 4.78 is 5.03. The Labute approximate surface area is 109 Å². The van der Waals surface area contributed by atoms with Gasteiger partial charge in [-0.1, -0.05) is 30.3 Å². The van der Waals surface area contributed by atoms with Crippen molar-refractivity contribution in [1.82, 2.24) is 5.32 Å². The van der Waals surface area contributed by atoms with Crippen molar-refractivity contribution in [2.75, 3.05) is 6.61 Å². The van der Waals surface area contributed by atoms with E-state index in [9.17, 15) is 15.2 Å². The van der Waals surface area contributed by atoms with Crippen LogP contribution in [-0.2, 0) is 6.54 Å². The summed E-state index contributed by atoms with van der Waals surface area (Å²) in [5, 5.41) is 22.9. The molecule has 1 heterocycles. The molecule has 2 rings (SSSR count). The number of nitrogens with one attached hydrogen (secondary N) is 1. The van der Waals surface area contributed by atoms with E-state index in [1.807, 2.05) is 30.3 Å². The predicted octanol–water partition coefficient (Wildman–Crippen LogP) is 2.01. The topological polar surface area (TPSA) is 88.5 Å². The zero-order chi connectivity index (χ0) is 13.7. The minimum Gasteiger partial charge on any atom is -0.404 e. The van der Waals surface area contributed by atoms with E-state index < -0.39 is 4.92 Å². The lowest BCUT2D eigenvalue weighted by Gasteiger charge is -2.15. The van der Waals surface area contributed by atoms with Crippen molar-refractivity contribution in [3.05, 3.63) is 63.9 Å². The maximum atomic E-state index is 10.5. The highest BCUT2D eigenvalue weighted by molar-refractivity contribution is 5.20. The molecule has 0 bridgehead atoms. The van der Waals surface area contributed by atoms with Gasteiger partial charge in [-0.15, -0.1) is 0 Å². The molecule has 6 heteroatoms. The standard InChI is InChI=1S/C13H14N2O4/c16-9-12(10-4-2-1-3-5-10)14-8-11-6-7-13(19-11)15(17)18/h1-7,12,14,16H,8-9H2. The third-order valence-corrected chi connectivity index (χ3v) is 2.73. The third kappa shape index (κ3) is 3.40. The summed E-state index contributed by atoms with van der Waals surface area (Å²) >= 11 is 0. The van der Waals surface area contributed by atoms with E-state index >= 15 is 0 Å². The first-order chi connectivity index (χ1) is 9.20. The van der Waals surface area contributed by atoms with E-state index in [1.165, 1.54) is 6.07 Å². The Balaban J connectivity index is 1.98. The number of rotatable bonds is 6. The van der Waals surface area contributed by atoms with E-state index in [0.29, 0.717) is 12.3 Å². The van der Waals surface area contributed by atoms with E-state index in [0.717, 1.165) is 5.56 Å². The van der Waals surface area contributed by atoms with Gasteiger partial charge in [-0.25, -0.2) is 0 Å². The number of aliphatic hydroxyl groups is 1. The Hall–Kier alpha value is -2.18. The fourth-order valence-corrected chi connectivity index (χ4v) is 1.76. The smallest absolute Gasteiger partial charge is 0.404 e. The van der Waals surface area contributed by atoms with Gasteiger partial charge < -0.3 is 14.8 Å². The number of nitrogens with zero attached hydrogens (tertiary/aromatic N) is 1. The van der Waals surface area contributed by atoms with Crippen LogP contribution in [0.25, 0.3) is 0 Å². The van der Waals surface area contributed by atoms with Crippen LogP contribution in [0.1, 0.15) is 17.4 Å². The molecule has 1 aromatic carbocycles. The van der Waals surface area contributed by atoms with Crippen molar-refractivity contribution in [2.24, 2.45) is 0 Å². The van der Waals surface area contributed by atoms with Gasteiger partial charge in [0.2, 0.25) is 0 Å². The van der Waals surface area contributed by atoms with Crippen molar-refractivity contribution in [3.8, 4) is 0 Å². The Bertz CT molecular complexity index is 539. The summed E-state index contributed by atoms with van der Waals surface area (Å²) in [5.41, 5.74) is 0.950. The fraction of sp³-hybridized carbons (Fsp3) is 0.231. The average molecular weight is 262 g/mol. The Kier molecular flexibility index (Phi) is 4.27. The monoisotopic (exact) mass is 262 g/mol. The normalized spacial score (nSPS) is 12.3. The molecule has 0 aliphatic heterocycles. The first-order valence-corrected chi connectivity index (χ1v) is 5.83. The zero-order valence-corrected chi connectivity index (χ0v) is 10.2. The molecular formula is C13H14N2O4. The summed E-state index contributed by atoms with van der Waals surface area (Å²) in [7, 11) is 0. The highest BCUT2D eigenvalue weighted by atomic mass is 16.6. The molecule has 1 atom stereocenters. The van der Waals surface area contributed by atoms with E-state index in [1.54, 1.807) is 6.07 Å². The summed E-state index contributed by atoms with van der Waals surface area (Å²) in [5.74, 6) is 0.179. The van der Waals surface area contributed by atoms with Gasteiger partial charge in [-0.3, -0.25) is 10.1 Å². The van der Waals surface area contributed by atoms with Crippen LogP contribution in [0.4, 0.5) is 5.88 Å². The van der Waals surface area contributed by atoms with Crippen molar-refractivity contribution in [3.63, 3.8) is 0 Å². The van der Waals surface area contributed by atoms with E-state index in [2.05, 4.69) is 5.32 Å². The second-order valence-electron chi connectivity index (χ2n) is 4.02. The Morgan fingerprint density at radius 3 is 2.58 bits per heavy atom. The number of aliphatic hydroxyl groups excluding tert-OH is 1. The predicted molar refractivity (Wildman–Crippen MR) is 68.5 cm³/mol. The molecule has 0 aliphatic carbocycles. The molecule has 0 aliphatic rings. The number of nitro groups is 1. The van der Waals surface area contributed by atoms with Gasteiger partial charge in [0.15, 0.2) is 0 Å². The number of furan rings is 1. The van der Waals surface area contributed by atoms with Gasteiger partial charge in [-0.2, -0.15) is 0 Å². The minimum absolute atomic E-state index is 0.0627. The van der Waals surface area contributed by atoms with E-state index in [-0.39, 0.29) is 18.5 Å². The quantitative estimate of drug-likeness (QED) is 0.614. The summed E-state index contributed by atoms with van der Waals surface area (Å²) in [4.78, 5) is 9.90. The van der Waals surface area contributed by atoms with Crippen molar-refractivity contribution in [1.29, 1.82) is 0 Å². The SMILES string of the molecule is O=[N+]([O-])c1ccc(CNC(CO)c2ccccc2)o1. The summed E-state index contributed by atoms with van der Waals surface area (Å²) in [6.07, 6.45) is 0. The average Bonchev–Trinajstić information content (AvgIpc) is 2.90. The van der Waals surface area contributed by atoms with Crippen LogP contribution in [0.5, 0.6) is 0 Å². The van der Waals surface area contributed by atoms with Gasteiger partial charge in [0, 0.05) is 0 Å². The van der Waals surface area contributed by atoms with Gasteiger partial charge in [0.1, 0.15) is 10.7 Å². The maximum absolute atomic E-state index is 10.5. The molecule has 0 saturated heterocycles. The molecule has 100 valence electrons. The van der Waals surface area contributed by atoms with Crippen LogP contribution in [0.15, 0.2) is 46.9 Å². The van der Waals surface area contributed by atoms with Crippen molar-refractivity contribution < 1.29 is 14.4 Å². The highest BCUT2D eigenvalue weighted by Crippen LogP contribution is 2.17. The van der Waals surface area contributed by atoms with Crippen LogP contribution in [0.3, 0.4) is 0 Å². The van der Waals surface area contributed by atoms with Crippen LogP contribution < -0.4 is 5.32 Å². The molecule has 0 radical (unpaired) electrons. The molecule has 2 N–H and O–H groups in total. The van der Waals surface area contributed by atoms with Crippen LogP contribution in [0.2, 0.25) is 0 Å². The second-order valence-corrected chi connectivity index (χ2v) is 4.02. The van der Waals surface area contributed by atoms with Gasteiger partial charge >= 0.3 is 5.88 Å². The Morgan fingerprint density at radius 2 is 2.00 bits per heavy atom. The lowest BCUT2D eigenvalue weighted by molar-refractivity contribution is -0.402. The molecule has 6 nitrogen and oxygen atoms in total. The fourth-order valence-electron chi connectivity index (χ4n) is 1.76. The molecular weight excluding hydrogens is 248 g/mol. The van der Waals surface area contributed by atoms with Crippen LogP contribution in [0, 0.1) is 10.1 Å². The van der Waals surface area contributed by atoms with Gasteiger partial charge in [0.05, 0.1) is 25.3 Å². The minimum atomic E-state index is -0.579. The van der Waals surface area contributed by atoms with Crippen LogP contribution in [-0.4, -0.2) is 16.6 Å². The first kappa shape index (κ1) is 13.3. The molecule has 1 unspecified atom stereocenters. The van der Waals surface area contributed by atoms with Crippen molar-refractivity contribution >= 4 is 5.88 Å². The second kappa shape index (κ2) is 6.12. The lowest BCUT2D eigenvalue weighted by Crippen LogP contribution is -2.23. The summed E-state index contributed by atoms with van der Waals surface area (Å²) in [6, 6.07) is 12.1. The molecule has 19 heavy (non-hydrogen) atoms. The molecule has 0 amide bonds. The molecule has 2 aromatic rings. The number of hydrogen-bond acceptors (Lipinski definition) is 5. The third-order valence-electron chi connectivity index (χ3n) is 2.73. The van der Waals surface area contributed by atoms with E-state index in [4.69, 9.17) is 4.42 Å². The first-order valence-electron chi connectivity index (χ1n) is 5.83. The number of benzene rings is 1. The lowest BCUT2D eigenvalue weighted by atomic mass is 10.1. The van der Waals surface area contributed by atoms with Gasteiger partial charge in [0.25, 0.3) is 0 Å². The highest BCUT2D eigenvalue weighted by Gasteiger charge is 2.14. The molecule has 0 saturated carbocycles. The Morgan fingerprint density at radius 1 is 1.26 bits per heavy atom. The molecule has 0 spiro atoms.